The molecule has 0 spiro atoms. The summed E-state index contributed by atoms with van der Waals surface area (Å²) >= 11 is 5.08. The Bertz CT molecular complexity index is 538. The van der Waals surface area contributed by atoms with Crippen LogP contribution in [0.2, 0.25) is 0 Å². The maximum absolute atomic E-state index is 11.9. The van der Waals surface area contributed by atoms with E-state index in [2.05, 4.69) is 4.72 Å². The summed E-state index contributed by atoms with van der Waals surface area (Å²) in [5.41, 5.74) is 1.37. The third-order valence-electron chi connectivity index (χ3n) is 2.31. The maximum atomic E-state index is 11.9. The van der Waals surface area contributed by atoms with E-state index in [1.165, 1.54) is 0 Å². The lowest BCUT2D eigenvalue weighted by Crippen LogP contribution is -2.24. The molecule has 0 bridgehead atoms. The first-order chi connectivity index (χ1) is 8.42. The molecule has 0 unspecified atom stereocenters. The van der Waals surface area contributed by atoms with Gasteiger partial charge in [0.15, 0.2) is 5.05 Å². The van der Waals surface area contributed by atoms with Gasteiger partial charge < -0.3 is 4.74 Å². The molecule has 4 nitrogen and oxygen atoms in total. The second kappa shape index (κ2) is 6.26. The molecule has 1 N–H and O–H groups in total. The van der Waals surface area contributed by atoms with Gasteiger partial charge in [0.2, 0.25) is 10.0 Å². The van der Waals surface area contributed by atoms with Crippen LogP contribution < -0.4 is 4.72 Å². The molecule has 0 amide bonds. The number of rotatable bonds is 5. The van der Waals surface area contributed by atoms with E-state index >= 15 is 0 Å². The van der Waals surface area contributed by atoms with E-state index in [1.807, 2.05) is 6.92 Å². The molecule has 18 heavy (non-hydrogen) atoms. The van der Waals surface area contributed by atoms with Crippen molar-refractivity contribution in [2.24, 2.45) is 0 Å². The number of benzene rings is 1. The molecule has 0 aliphatic rings. The first-order valence-electron chi connectivity index (χ1n) is 5.69. The van der Waals surface area contributed by atoms with Gasteiger partial charge in [-0.25, -0.2) is 13.1 Å². The average molecular weight is 287 g/mol. The normalized spacial score (nSPS) is 11.3. The summed E-state index contributed by atoms with van der Waals surface area (Å²) in [5, 5.41) is 0.382. The molecular formula is C12H17NO3S2. The second-order valence-electron chi connectivity index (χ2n) is 3.70. The van der Waals surface area contributed by atoms with Crippen LogP contribution in [0.1, 0.15) is 25.0 Å². The number of hydrogen-bond acceptors (Lipinski definition) is 4. The Morgan fingerprint density at radius 3 is 2.56 bits per heavy atom. The molecule has 1 rings (SSSR count). The highest BCUT2D eigenvalue weighted by Gasteiger charge is 2.16. The number of sulfonamides is 1. The van der Waals surface area contributed by atoms with Gasteiger partial charge in [-0.3, -0.25) is 0 Å². The van der Waals surface area contributed by atoms with Gasteiger partial charge in [-0.1, -0.05) is 6.92 Å². The lowest BCUT2D eigenvalue weighted by Gasteiger charge is -2.10. The molecule has 0 atom stereocenters. The van der Waals surface area contributed by atoms with Crippen molar-refractivity contribution in [1.82, 2.24) is 4.72 Å². The largest absolute Gasteiger partial charge is 0.483 e. The topological polar surface area (TPSA) is 55.4 Å². The molecule has 100 valence electrons. The van der Waals surface area contributed by atoms with E-state index < -0.39 is 10.0 Å². The molecule has 0 saturated heterocycles. The van der Waals surface area contributed by atoms with Gasteiger partial charge in [0, 0.05) is 12.1 Å². The summed E-state index contributed by atoms with van der Waals surface area (Å²) in [6.45, 7) is 6.19. The van der Waals surface area contributed by atoms with Crippen LogP contribution in [0.5, 0.6) is 0 Å². The minimum absolute atomic E-state index is 0.271. The standard InChI is InChI=1S/C12H17NO3S2/c1-4-13-18(14,15)11-7-6-10(8-9(11)3)12(17)16-5-2/h6-8,13H,4-5H2,1-3H3. The second-order valence-corrected chi connectivity index (χ2v) is 5.81. The number of thiocarbonyl (C=S) groups is 1. The van der Waals surface area contributed by atoms with Gasteiger partial charge in [0.1, 0.15) is 0 Å². The predicted octanol–water partition coefficient (Wildman–Crippen LogP) is 2.01. The van der Waals surface area contributed by atoms with Crippen LogP contribution in [0.15, 0.2) is 23.1 Å². The third kappa shape index (κ3) is 3.51. The molecule has 0 aromatic heterocycles. The number of nitrogens with one attached hydrogen (secondary N) is 1. The highest BCUT2D eigenvalue weighted by molar-refractivity contribution is 7.89. The van der Waals surface area contributed by atoms with Crippen LogP contribution in [0, 0.1) is 6.92 Å². The average Bonchev–Trinajstić information content (AvgIpc) is 2.28. The Balaban J connectivity index is 3.11. The van der Waals surface area contributed by atoms with E-state index in [-0.39, 0.29) is 4.90 Å². The minimum atomic E-state index is -3.43. The van der Waals surface area contributed by atoms with E-state index in [0.29, 0.717) is 23.8 Å². The van der Waals surface area contributed by atoms with Crippen molar-refractivity contribution in [3.8, 4) is 0 Å². The van der Waals surface area contributed by atoms with Crippen molar-refractivity contribution >= 4 is 27.3 Å². The molecule has 0 radical (unpaired) electrons. The van der Waals surface area contributed by atoms with Gasteiger partial charge >= 0.3 is 0 Å². The van der Waals surface area contributed by atoms with Crippen LogP contribution in [0.25, 0.3) is 0 Å². The zero-order valence-corrected chi connectivity index (χ0v) is 12.3. The monoisotopic (exact) mass is 287 g/mol. The van der Waals surface area contributed by atoms with Gasteiger partial charge in [-0.2, -0.15) is 0 Å². The van der Waals surface area contributed by atoms with E-state index in [9.17, 15) is 8.42 Å². The van der Waals surface area contributed by atoms with Crippen molar-refractivity contribution in [2.75, 3.05) is 13.2 Å². The van der Waals surface area contributed by atoms with E-state index in [1.54, 1.807) is 32.0 Å². The number of aryl methyl sites for hydroxylation is 1. The summed E-state index contributed by atoms with van der Waals surface area (Å²) in [4.78, 5) is 0.271. The van der Waals surface area contributed by atoms with Gasteiger partial charge in [0.25, 0.3) is 0 Å². The Morgan fingerprint density at radius 2 is 2.06 bits per heavy atom. The summed E-state index contributed by atoms with van der Waals surface area (Å²) < 4.78 is 31.5. The lowest BCUT2D eigenvalue weighted by atomic mass is 10.1. The molecule has 6 heteroatoms. The fourth-order valence-corrected chi connectivity index (χ4v) is 3.07. The third-order valence-corrected chi connectivity index (χ3v) is 4.37. The first-order valence-corrected chi connectivity index (χ1v) is 7.59. The highest BCUT2D eigenvalue weighted by Crippen LogP contribution is 2.17. The molecule has 1 aromatic rings. The van der Waals surface area contributed by atoms with Gasteiger partial charge in [-0.05, 0) is 49.8 Å². The van der Waals surface area contributed by atoms with Crippen LogP contribution in [-0.2, 0) is 14.8 Å². The molecule has 0 saturated carbocycles. The van der Waals surface area contributed by atoms with Crippen LogP contribution in [0.4, 0.5) is 0 Å². The molecule has 0 aliphatic carbocycles. The van der Waals surface area contributed by atoms with Crippen LogP contribution in [-0.4, -0.2) is 26.6 Å². The van der Waals surface area contributed by atoms with Crippen molar-refractivity contribution in [3.05, 3.63) is 29.3 Å². The molecule has 0 heterocycles. The SMILES string of the molecule is CCNS(=O)(=O)c1ccc(C(=S)OCC)cc1C. The minimum Gasteiger partial charge on any atom is -0.483 e. The van der Waals surface area contributed by atoms with Crippen molar-refractivity contribution in [1.29, 1.82) is 0 Å². The maximum Gasteiger partial charge on any atom is 0.240 e. The Kier molecular flexibility index (Phi) is 5.25. The van der Waals surface area contributed by atoms with Crippen LogP contribution in [0.3, 0.4) is 0 Å². The zero-order valence-electron chi connectivity index (χ0n) is 10.7. The number of hydrogen-bond donors (Lipinski definition) is 1. The summed E-state index contributed by atoms with van der Waals surface area (Å²) in [5.74, 6) is 0. The van der Waals surface area contributed by atoms with E-state index in [4.69, 9.17) is 17.0 Å². The lowest BCUT2D eigenvalue weighted by molar-refractivity contribution is 0.337. The molecule has 1 aromatic carbocycles. The fraction of sp³-hybridized carbons (Fsp3) is 0.417. The molecule has 0 aliphatic heterocycles. The predicted molar refractivity (Wildman–Crippen MR) is 75.4 cm³/mol. The van der Waals surface area contributed by atoms with Crippen molar-refractivity contribution < 1.29 is 13.2 Å². The molecule has 0 fully saturated rings. The number of ether oxygens (including phenoxy) is 1. The zero-order chi connectivity index (χ0) is 13.8. The Labute approximate surface area is 113 Å². The quantitative estimate of drug-likeness (QED) is 0.842. The van der Waals surface area contributed by atoms with Crippen molar-refractivity contribution in [2.45, 2.75) is 25.7 Å². The summed E-state index contributed by atoms with van der Waals surface area (Å²) in [6, 6.07) is 4.94. The Hall–Kier alpha value is -0.980. The summed E-state index contributed by atoms with van der Waals surface area (Å²) in [7, 11) is -3.43. The molecular weight excluding hydrogens is 270 g/mol. The first kappa shape index (κ1) is 15.1. The fourth-order valence-electron chi connectivity index (χ4n) is 1.56. The van der Waals surface area contributed by atoms with Crippen LogP contribution >= 0.6 is 12.2 Å². The smallest absolute Gasteiger partial charge is 0.240 e. The highest BCUT2D eigenvalue weighted by atomic mass is 32.2. The Morgan fingerprint density at radius 1 is 1.39 bits per heavy atom. The summed E-state index contributed by atoms with van der Waals surface area (Å²) in [6.07, 6.45) is 0. The van der Waals surface area contributed by atoms with Gasteiger partial charge in [-0.15, -0.1) is 0 Å². The van der Waals surface area contributed by atoms with Crippen molar-refractivity contribution in [3.63, 3.8) is 0 Å². The van der Waals surface area contributed by atoms with Gasteiger partial charge in [0.05, 0.1) is 11.5 Å². The van der Waals surface area contributed by atoms with E-state index in [0.717, 1.165) is 5.56 Å².